The smallest absolute Gasteiger partial charge is 0.338 e. The minimum Gasteiger partial charge on any atom is -0.452 e. The lowest BCUT2D eigenvalue weighted by Gasteiger charge is -2.08. The van der Waals surface area contributed by atoms with Gasteiger partial charge in [-0.1, -0.05) is 31.5 Å². The van der Waals surface area contributed by atoms with Gasteiger partial charge in [0.2, 0.25) is 0 Å². The van der Waals surface area contributed by atoms with Gasteiger partial charge in [0.1, 0.15) is 0 Å². The third-order valence-electron chi connectivity index (χ3n) is 2.85. The number of urea groups is 1. The Bertz CT molecular complexity index is 541. The van der Waals surface area contributed by atoms with Crippen LogP contribution in [-0.4, -0.2) is 31.1 Å². The van der Waals surface area contributed by atoms with Crippen molar-refractivity contribution >= 4 is 17.9 Å². The highest BCUT2D eigenvalue weighted by Crippen LogP contribution is 2.05. The fourth-order valence-electron chi connectivity index (χ4n) is 1.67. The first-order chi connectivity index (χ1) is 10.4. The average molecular weight is 306 g/mol. The maximum Gasteiger partial charge on any atom is 0.338 e. The largest absolute Gasteiger partial charge is 0.452 e. The molecule has 0 radical (unpaired) electrons. The first-order valence-corrected chi connectivity index (χ1v) is 7.20. The summed E-state index contributed by atoms with van der Waals surface area (Å²) in [5.74, 6) is -0.798. The number of amides is 3. The number of rotatable bonds is 6. The summed E-state index contributed by atoms with van der Waals surface area (Å²) >= 11 is 0. The van der Waals surface area contributed by atoms with Gasteiger partial charge in [-0.3, -0.25) is 10.1 Å². The molecule has 0 atom stereocenters. The minimum absolute atomic E-state index is 0.370. The van der Waals surface area contributed by atoms with E-state index in [4.69, 9.17) is 4.74 Å². The number of carbonyl (C=O) groups excluding carboxylic acids is 3. The second-order valence-electron chi connectivity index (χ2n) is 5.43. The third kappa shape index (κ3) is 6.88. The van der Waals surface area contributed by atoms with Crippen LogP contribution in [0, 0.1) is 12.8 Å². The van der Waals surface area contributed by atoms with E-state index in [0.717, 1.165) is 12.0 Å². The second-order valence-corrected chi connectivity index (χ2v) is 5.43. The van der Waals surface area contributed by atoms with Crippen LogP contribution in [0.2, 0.25) is 0 Å². The second kappa shape index (κ2) is 8.81. The molecule has 22 heavy (non-hydrogen) atoms. The SMILES string of the molecule is Cc1cccc(C(=O)OCC(=O)NC(=O)NCCC(C)C)c1. The molecule has 0 heterocycles. The van der Waals surface area contributed by atoms with Crippen LogP contribution in [0.25, 0.3) is 0 Å². The molecule has 0 spiro atoms. The Morgan fingerprint density at radius 2 is 1.95 bits per heavy atom. The molecular formula is C16H22N2O4. The molecule has 2 N–H and O–H groups in total. The van der Waals surface area contributed by atoms with Crippen molar-refractivity contribution in [2.45, 2.75) is 27.2 Å². The number of carbonyl (C=O) groups is 3. The Labute approximate surface area is 130 Å². The molecule has 1 rings (SSSR count). The van der Waals surface area contributed by atoms with Crippen LogP contribution < -0.4 is 10.6 Å². The molecule has 0 aliphatic carbocycles. The van der Waals surface area contributed by atoms with Gasteiger partial charge in [0.05, 0.1) is 5.56 Å². The maximum absolute atomic E-state index is 11.7. The van der Waals surface area contributed by atoms with E-state index in [2.05, 4.69) is 10.6 Å². The van der Waals surface area contributed by atoms with Gasteiger partial charge in [-0.25, -0.2) is 9.59 Å². The highest BCUT2D eigenvalue weighted by Gasteiger charge is 2.12. The number of imide groups is 1. The van der Waals surface area contributed by atoms with Crippen molar-refractivity contribution in [3.05, 3.63) is 35.4 Å². The van der Waals surface area contributed by atoms with Crippen LogP contribution in [0.5, 0.6) is 0 Å². The fraction of sp³-hybridized carbons (Fsp3) is 0.438. The molecule has 3 amide bonds. The molecule has 0 bridgehead atoms. The van der Waals surface area contributed by atoms with Crippen molar-refractivity contribution in [1.82, 2.24) is 10.6 Å². The van der Waals surface area contributed by atoms with E-state index in [1.807, 2.05) is 26.8 Å². The van der Waals surface area contributed by atoms with Gasteiger partial charge >= 0.3 is 12.0 Å². The first kappa shape index (κ1) is 17.7. The molecule has 0 saturated carbocycles. The van der Waals surface area contributed by atoms with Gasteiger partial charge in [-0.2, -0.15) is 0 Å². The normalized spacial score (nSPS) is 10.2. The number of ether oxygens (including phenoxy) is 1. The molecule has 0 aliphatic rings. The standard InChI is InChI=1S/C16H22N2O4/c1-11(2)7-8-17-16(21)18-14(19)10-22-15(20)13-6-4-5-12(3)9-13/h4-6,9,11H,7-8,10H2,1-3H3,(H2,17,18,19,21). The number of nitrogens with one attached hydrogen (secondary N) is 2. The molecule has 0 saturated heterocycles. The Hall–Kier alpha value is -2.37. The topological polar surface area (TPSA) is 84.5 Å². The molecule has 120 valence electrons. The summed E-state index contributed by atoms with van der Waals surface area (Å²) in [6, 6.07) is 6.27. The first-order valence-electron chi connectivity index (χ1n) is 7.20. The Kier molecular flexibility index (Phi) is 7.08. The Morgan fingerprint density at radius 1 is 1.23 bits per heavy atom. The Balaban J connectivity index is 2.30. The predicted octanol–water partition coefficient (Wildman–Crippen LogP) is 2.02. The lowest BCUT2D eigenvalue weighted by Crippen LogP contribution is -2.41. The van der Waals surface area contributed by atoms with Gasteiger partial charge in [0, 0.05) is 6.54 Å². The summed E-state index contributed by atoms with van der Waals surface area (Å²) in [6.07, 6.45) is 0.823. The molecule has 6 heteroatoms. The van der Waals surface area contributed by atoms with Crippen molar-refractivity contribution in [2.24, 2.45) is 5.92 Å². The zero-order valence-corrected chi connectivity index (χ0v) is 13.1. The van der Waals surface area contributed by atoms with E-state index in [9.17, 15) is 14.4 Å². The molecule has 0 aliphatic heterocycles. The molecule has 1 aromatic rings. The van der Waals surface area contributed by atoms with Crippen LogP contribution in [0.3, 0.4) is 0 Å². The molecule has 0 unspecified atom stereocenters. The summed E-state index contributed by atoms with van der Waals surface area (Å²) in [4.78, 5) is 34.6. The third-order valence-corrected chi connectivity index (χ3v) is 2.85. The van der Waals surface area contributed by atoms with Crippen LogP contribution in [0.4, 0.5) is 4.79 Å². The molecule has 0 fully saturated rings. The van der Waals surface area contributed by atoms with Crippen LogP contribution in [-0.2, 0) is 9.53 Å². The van der Waals surface area contributed by atoms with E-state index >= 15 is 0 Å². The number of aryl methyl sites for hydroxylation is 1. The van der Waals surface area contributed by atoms with Gasteiger partial charge in [0.25, 0.3) is 5.91 Å². The molecular weight excluding hydrogens is 284 g/mol. The number of esters is 1. The lowest BCUT2D eigenvalue weighted by molar-refractivity contribution is -0.123. The van der Waals surface area contributed by atoms with Gasteiger partial charge in [-0.05, 0) is 31.4 Å². The zero-order valence-electron chi connectivity index (χ0n) is 13.1. The fourth-order valence-corrected chi connectivity index (χ4v) is 1.67. The van der Waals surface area contributed by atoms with E-state index in [-0.39, 0.29) is 0 Å². The number of hydrogen-bond acceptors (Lipinski definition) is 4. The van der Waals surface area contributed by atoms with E-state index in [1.54, 1.807) is 18.2 Å². The summed E-state index contributed by atoms with van der Waals surface area (Å²) in [6.45, 7) is 5.92. The summed E-state index contributed by atoms with van der Waals surface area (Å²) in [5.41, 5.74) is 1.29. The summed E-state index contributed by atoms with van der Waals surface area (Å²) < 4.78 is 4.86. The van der Waals surface area contributed by atoms with E-state index < -0.39 is 24.5 Å². The molecule has 6 nitrogen and oxygen atoms in total. The average Bonchev–Trinajstić information content (AvgIpc) is 2.44. The van der Waals surface area contributed by atoms with Gasteiger partial charge in [-0.15, -0.1) is 0 Å². The quantitative estimate of drug-likeness (QED) is 0.788. The van der Waals surface area contributed by atoms with Gasteiger partial charge < -0.3 is 10.1 Å². The Morgan fingerprint density at radius 3 is 2.59 bits per heavy atom. The monoisotopic (exact) mass is 306 g/mol. The lowest BCUT2D eigenvalue weighted by atomic mass is 10.1. The van der Waals surface area contributed by atoms with Crippen molar-refractivity contribution < 1.29 is 19.1 Å². The van der Waals surface area contributed by atoms with Crippen molar-refractivity contribution in [3.8, 4) is 0 Å². The highest BCUT2D eigenvalue weighted by atomic mass is 16.5. The molecule has 0 aromatic heterocycles. The maximum atomic E-state index is 11.7. The van der Waals surface area contributed by atoms with Crippen molar-refractivity contribution in [1.29, 1.82) is 0 Å². The minimum atomic E-state index is -0.664. The van der Waals surface area contributed by atoms with Crippen LogP contribution in [0.1, 0.15) is 36.2 Å². The van der Waals surface area contributed by atoms with E-state index in [0.29, 0.717) is 18.0 Å². The zero-order chi connectivity index (χ0) is 16.5. The van der Waals surface area contributed by atoms with Crippen LogP contribution in [0.15, 0.2) is 24.3 Å². The summed E-state index contributed by atoms with van der Waals surface area (Å²) in [5, 5.41) is 4.67. The van der Waals surface area contributed by atoms with Crippen LogP contribution >= 0.6 is 0 Å². The summed E-state index contributed by atoms with van der Waals surface area (Å²) in [7, 11) is 0. The highest BCUT2D eigenvalue weighted by molar-refractivity contribution is 5.97. The van der Waals surface area contributed by atoms with E-state index in [1.165, 1.54) is 0 Å². The predicted molar refractivity (Wildman–Crippen MR) is 82.5 cm³/mol. The number of hydrogen-bond donors (Lipinski definition) is 2. The molecule has 1 aromatic carbocycles. The van der Waals surface area contributed by atoms with Gasteiger partial charge in [0.15, 0.2) is 6.61 Å². The number of benzene rings is 1. The van der Waals surface area contributed by atoms with Crippen molar-refractivity contribution in [3.63, 3.8) is 0 Å². The van der Waals surface area contributed by atoms with Crippen molar-refractivity contribution in [2.75, 3.05) is 13.2 Å².